The third-order valence-electron chi connectivity index (χ3n) is 1.21. The van der Waals surface area contributed by atoms with Crippen molar-refractivity contribution in [3.05, 3.63) is 28.0 Å². The first-order valence-corrected chi connectivity index (χ1v) is 3.86. The van der Waals surface area contributed by atoms with Crippen LogP contribution in [0.25, 0.3) is 0 Å². The van der Waals surface area contributed by atoms with Crippen molar-refractivity contribution in [1.82, 2.24) is 0 Å². The minimum absolute atomic E-state index is 0.0429. The van der Waals surface area contributed by atoms with Gasteiger partial charge in [-0.05, 0) is 12.1 Å². The first kappa shape index (κ1) is 10.5. The zero-order valence-corrected chi connectivity index (χ0v) is 7.54. The standard InChI is InChI=1S/C7H3Cl2F3O/c8-3-1-2-4(10)6(5(3)9)13-7(11)12/h1-2,7H. The summed E-state index contributed by atoms with van der Waals surface area (Å²) in [5.74, 6) is -1.71. The zero-order valence-electron chi connectivity index (χ0n) is 6.03. The fourth-order valence-corrected chi connectivity index (χ4v) is 1.05. The predicted octanol–water partition coefficient (Wildman–Crippen LogP) is 3.73. The van der Waals surface area contributed by atoms with E-state index in [-0.39, 0.29) is 10.0 Å². The summed E-state index contributed by atoms with van der Waals surface area (Å²) in [6.45, 7) is -3.13. The molecule has 0 heterocycles. The highest BCUT2D eigenvalue weighted by Crippen LogP contribution is 2.34. The van der Waals surface area contributed by atoms with Crippen molar-refractivity contribution in [1.29, 1.82) is 0 Å². The fourth-order valence-electron chi connectivity index (χ4n) is 0.706. The van der Waals surface area contributed by atoms with E-state index in [1.807, 2.05) is 0 Å². The molecule has 0 fully saturated rings. The second kappa shape index (κ2) is 4.07. The smallest absolute Gasteiger partial charge is 0.387 e. The summed E-state index contributed by atoms with van der Waals surface area (Å²) in [6.07, 6.45) is 0. The molecule has 0 atom stereocenters. The van der Waals surface area contributed by atoms with Crippen LogP contribution in [-0.2, 0) is 0 Å². The third-order valence-corrected chi connectivity index (χ3v) is 2.00. The van der Waals surface area contributed by atoms with Crippen molar-refractivity contribution in [3.8, 4) is 5.75 Å². The molecule has 6 heteroatoms. The molecule has 1 aromatic carbocycles. The van der Waals surface area contributed by atoms with Gasteiger partial charge in [0.15, 0.2) is 11.6 Å². The molecule has 0 aliphatic carbocycles. The lowest BCUT2D eigenvalue weighted by Gasteiger charge is -2.07. The first-order valence-electron chi connectivity index (χ1n) is 3.10. The molecule has 0 aromatic heterocycles. The normalized spacial score (nSPS) is 10.6. The van der Waals surface area contributed by atoms with Gasteiger partial charge in [0.25, 0.3) is 0 Å². The Kier molecular flexibility index (Phi) is 3.27. The topological polar surface area (TPSA) is 9.23 Å². The number of benzene rings is 1. The van der Waals surface area contributed by atoms with Gasteiger partial charge in [-0.2, -0.15) is 8.78 Å². The maximum atomic E-state index is 12.8. The Balaban J connectivity index is 3.10. The van der Waals surface area contributed by atoms with Crippen LogP contribution in [0.5, 0.6) is 5.75 Å². The van der Waals surface area contributed by atoms with E-state index in [0.29, 0.717) is 0 Å². The van der Waals surface area contributed by atoms with Crippen LogP contribution >= 0.6 is 23.2 Å². The van der Waals surface area contributed by atoms with Gasteiger partial charge in [-0.3, -0.25) is 0 Å². The van der Waals surface area contributed by atoms with Gasteiger partial charge in [0.1, 0.15) is 5.02 Å². The summed E-state index contributed by atoms with van der Waals surface area (Å²) < 4.78 is 40.1. The molecule has 0 radical (unpaired) electrons. The SMILES string of the molecule is Fc1ccc(Cl)c(Cl)c1OC(F)F. The quantitative estimate of drug-likeness (QED) is 0.704. The Labute approximate surface area is 82.0 Å². The number of halogens is 5. The van der Waals surface area contributed by atoms with E-state index < -0.39 is 18.2 Å². The fraction of sp³-hybridized carbons (Fsp3) is 0.143. The van der Waals surface area contributed by atoms with Crippen LogP contribution in [0.3, 0.4) is 0 Å². The van der Waals surface area contributed by atoms with Crippen molar-refractivity contribution >= 4 is 23.2 Å². The number of rotatable bonds is 2. The highest BCUT2D eigenvalue weighted by molar-refractivity contribution is 6.42. The Morgan fingerprint density at radius 2 is 1.85 bits per heavy atom. The lowest BCUT2D eigenvalue weighted by atomic mass is 10.3. The van der Waals surface area contributed by atoms with Crippen molar-refractivity contribution in [3.63, 3.8) is 0 Å². The second-order valence-electron chi connectivity index (χ2n) is 2.05. The molecule has 0 bridgehead atoms. The van der Waals surface area contributed by atoms with Crippen LogP contribution in [-0.4, -0.2) is 6.61 Å². The van der Waals surface area contributed by atoms with Gasteiger partial charge in [0, 0.05) is 0 Å². The van der Waals surface area contributed by atoms with Crippen LogP contribution in [0, 0.1) is 5.82 Å². The summed E-state index contributed by atoms with van der Waals surface area (Å²) in [5, 5.41) is -0.402. The summed E-state index contributed by atoms with van der Waals surface area (Å²) >= 11 is 10.9. The maximum absolute atomic E-state index is 12.8. The third kappa shape index (κ3) is 2.42. The zero-order chi connectivity index (χ0) is 10.0. The number of hydrogen-bond donors (Lipinski definition) is 0. The monoisotopic (exact) mass is 230 g/mol. The van der Waals surface area contributed by atoms with Gasteiger partial charge in [-0.15, -0.1) is 0 Å². The molecule has 0 amide bonds. The van der Waals surface area contributed by atoms with Gasteiger partial charge in [-0.1, -0.05) is 23.2 Å². The molecule has 0 saturated heterocycles. The molecule has 72 valence electrons. The van der Waals surface area contributed by atoms with Gasteiger partial charge < -0.3 is 4.74 Å². The van der Waals surface area contributed by atoms with Crippen molar-refractivity contribution < 1.29 is 17.9 Å². The van der Waals surface area contributed by atoms with Crippen molar-refractivity contribution in [2.45, 2.75) is 6.61 Å². The summed E-state index contributed by atoms with van der Waals surface area (Å²) in [4.78, 5) is 0. The van der Waals surface area contributed by atoms with Crippen LogP contribution in [0.15, 0.2) is 12.1 Å². The molecule has 0 aliphatic heterocycles. The van der Waals surface area contributed by atoms with Crippen LogP contribution in [0.1, 0.15) is 0 Å². The summed E-state index contributed by atoms with van der Waals surface area (Å²) in [5.41, 5.74) is 0. The first-order chi connectivity index (χ1) is 6.02. The summed E-state index contributed by atoms with van der Waals surface area (Å²) in [7, 11) is 0. The van der Waals surface area contributed by atoms with E-state index >= 15 is 0 Å². The van der Waals surface area contributed by atoms with E-state index in [9.17, 15) is 13.2 Å². The molecule has 0 spiro atoms. The molecule has 0 saturated carbocycles. The Morgan fingerprint density at radius 1 is 1.23 bits per heavy atom. The van der Waals surface area contributed by atoms with Gasteiger partial charge in [0.05, 0.1) is 5.02 Å². The van der Waals surface area contributed by atoms with E-state index in [0.717, 1.165) is 12.1 Å². The average molecular weight is 231 g/mol. The number of ether oxygens (including phenoxy) is 1. The minimum atomic E-state index is -3.13. The van der Waals surface area contributed by atoms with Crippen LogP contribution < -0.4 is 4.74 Å². The van der Waals surface area contributed by atoms with E-state index in [1.54, 1.807) is 0 Å². The van der Waals surface area contributed by atoms with Gasteiger partial charge in [-0.25, -0.2) is 4.39 Å². The molecular formula is C7H3Cl2F3O. The molecule has 1 rings (SSSR count). The molecule has 0 N–H and O–H groups in total. The maximum Gasteiger partial charge on any atom is 0.387 e. The second-order valence-corrected chi connectivity index (χ2v) is 2.84. The Hall–Kier alpha value is -0.610. The van der Waals surface area contributed by atoms with Crippen LogP contribution in [0.2, 0.25) is 10.0 Å². The lowest BCUT2D eigenvalue weighted by molar-refractivity contribution is -0.0521. The predicted molar refractivity (Wildman–Crippen MR) is 43.1 cm³/mol. The van der Waals surface area contributed by atoms with Crippen LogP contribution in [0.4, 0.5) is 13.2 Å². The molecule has 1 aromatic rings. The van der Waals surface area contributed by atoms with E-state index in [4.69, 9.17) is 23.2 Å². The van der Waals surface area contributed by atoms with Gasteiger partial charge in [0.2, 0.25) is 0 Å². The molecular weight excluding hydrogens is 228 g/mol. The van der Waals surface area contributed by atoms with Gasteiger partial charge >= 0.3 is 6.61 Å². The van der Waals surface area contributed by atoms with Crippen molar-refractivity contribution in [2.24, 2.45) is 0 Å². The lowest BCUT2D eigenvalue weighted by Crippen LogP contribution is -2.04. The molecule has 0 aliphatic rings. The molecule has 13 heavy (non-hydrogen) atoms. The minimum Gasteiger partial charge on any atom is -0.430 e. The Morgan fingerprint density at radius 3 is 2.38 bits per heavy atom. The molecule has 1 nitrogen and oxygen atoms in total. The molecule has 0 unspecified atom stereocenters. The highest BCUT2D eigenvalue weighted by Gasteiger charge is 2.15. The number of alkyl halides is 2. The average Bonchev–Trinajstić information content (AvgIpc) is 2.05. The number of hydrogen-bond acceptors (Lipinski definition) is 1. The largest absolute Gasteiger partial charge is 0.430 e. The van der Waals surface area contributed by atoms with E-state index in [1.165, 1.54) is 0 Å². The summed E-state index contributed by atoms with van der Waals surface area (Å²) in [6, 6.07) is 2.05. The Bertz CT molecular complexity index is 317. The van der Waals surface area contributed by atoms with Crippen molar-refractivity contribution in [2.75, 3.05) is 0 Å². The van der Waals surface area contributed by atoms with E-state index in [2.05, 4.69) is 4.74 Å². The highest BCUT2D eigenvalue weighted by atomic mass is 35.5.